The minimum atomic E-state index is -4.69. The molecule has 166 valence electrons. The van der Waals surface area contributed by atoms with Crippen molar-refractivity contribution in [3.63, 3.8) is 0 Å². The van der Waals surface area contributed by atoms with Crippen LogP contribution in [0, 0.1) is 0 Å². The van der Waals surface area contributed by atoms with Crippen LogP contribution in [0.15, 0.2) is 60.3 Å². The molecule has 0 N–H and O–H groups in total. The van der Waals surface area contributed by atoms with Crippen LogP contribution >= 0.6 is 0 Å². The summed E-state index contributed by atoms with van der Waals surface area (Å²) < 4.78 is 40.9. The SMILES string of the molecule is CC1ON(c2ccc(-c3ccc(OC(F)(F)F)cc3)cc2)C=C1CCN1CCC[C@H]1C. The first kappa shape index (κ1) is 21.7. The zero-order chi connectivity index (χ0) is 22.0. The van der Waals surface area contributed by atoms with E-state index in [-0.39, 0.29) is 11.9 Å². The van der Waals surface area contributed by atoms with E-state index in [9.17, 15) is 13.2 Å². The van der Waals surface area contributed by atoms with E-state index < -0.39 is 6.36 Å². The highest BCUT2D eigenvalue weighted by Gasteiger charge is 2.31. The molecule has 0 saturated carbocycles. The number of anilines is 1. The van der Waals surface area contributed by atoms with Gasteiger partial charge in [0.2, 0.25) is 0 Å². The Morgan fingerprint density at radius 1 is 1.00 bits per heavy atom. The summed E-state index contributed by atoms with van der Waals surface area (Å²) in [5.74, 6) is -0.228. The minimum Gasteiger partial charge on any atom is -0.406 e. The topological polar surface area (TPSA) is 24.9 Å². The number of halogens is 3. The molecule has 0 amide bonds. The van der Waals surface area contributed by atoms with Gasteiger partial charge in [-0.1, -0.05) is 24.3 Å². The predicted molar refractivity (Wildman–Crippen MR) is 115 cm³/mol. The van der Waals surface area contributed by atoms with Gasteiger partial charge in [-0.3, -0.25) is 4.84 Å². The Labute approximate surface area is 180 Å². The molecule has 1 fully saturated rings. The zero-order valence-electron chi connectivity index (χ0n) is 17.7. The average Bonchev–Trinajstić information content (AvgIpc) is 3.31. The fraction of sp³-hybridized carbons (Fsp3) is 0.417. The number of nitrogens with zero attached hydrogens (tertiary/aromatic N) is 2. The molecule has 2 heterocycles. The number of hydrogen-bond donors (Lipinski definition) is 0. The number of hydroxylamine groups is 1. The van der Waals surface area contributed by atoms with Crippen molar-refractivity contribution in [1.82, 2.24) is 4.90 Å². The van der Waals surface area contributed by atoms with E-state index in [1.165, 1.54) is 37.1 Å². The normalized spacial score (nSPS) is 22.1. The van der Waals surface area contributed by atoms with Gasteiger partial charge in [0.25, 0.3) is 0 Å². The van der Waals surface area contributed by atoms with Gasteiger partial charge in [0, 0.05) is 18.8 Å². The average molecular weight is 432 g/mol. The lowest BCUT2D eigenvalue weighted by Gasteiger charge is -2.21. The highest BCUT2D eigenvalue weighted by Crippen LogP contribution is 2.31. The quantitative estimate of drug-likeness (QED) is 0.547. The number of alkyl halides is 3. The molecule has 4 nitrogen and oxygen atoms in total. The summed E-state index contributed by atoms with van der Waals surface area (Å²) in [6.45, 7) is 6.60. The molecule has 1 saturated heterocycles. The number of benzene rings is 2. The van der Waals surface area contributed by atoms with Gasteiger partial charge in [-0.2, -0.15) is 0 Å². The van der Waals surface area contributed by atoms with Crippen molar-refractivity contribution in [2.75, 3.05) is 18.2 Å². The van der Waals surface area contributed by atoms with E-state index >= 15 is 0 Å². The Kier molecular flexibility index (Phi) is 6.25. The van der Waals surface area contributed by atoms with Crippen LogP contribution in [0.2, 0.25) is 0 Å². The first-order valence-electron chi connectivity index (χ1n) is 10.7. The van der Waals surface area contributed by atoms with Gasteiger partial charge < -0.3 is 9.64 Å². The third kappa shape index (κ3) is 5.40. The van der Waals surface area contributed by atoms with Gasteiger partial charge in [-0.15, -0.1) is 13.2 Å². The van der Waals surface area contributed by atoms with E-state index in [1.54, 1.807) is 17.2 Å². The lowest BCUT2D eigenvalue weighted by molar-refractivity contribution is -0.274. The first-order chi connectivity index (χ1) is 14.8. The number of likely N-dealkylation sites (tertiary alicyclic amines) is 1. The molecule has 0 aliphatic carbocycles. The van der Waals surface area contributed by atoms with E-state index in [0.29, 0.717) is 6.04 Å². The predicted octanol–water partition coefficient (Wildman–Crippen LogP) is 6.15. The summed E-state index contributed by atoms with van der Waals surface area (Å²) in [7, 11) is 0. The Balaban J connectivity index is 1.39. The van der Waals surface area contributed by atoms with Crippen LogP contribution in [0.3, 0.4) is 0 Å². The molecule has 7 heteroatoms. The Hall–Kier alpha value is -2.51. The van der Waals surface area contributed by atoms with Crippen LogP contribution in [0.25, 0.3) is 11.1 Å². The first-order valence-corrected chi connectivity index (χ1v) is 10.7. The molecule has 0 bridgehead atoms. The van der Waals surface area contributed by atoms with Gasteiger partial charge in [-0.25, -0.2) is 5.06 Å². The molecule has 2 aliphatic rings. The molecule has 2 atom stereocenters. The highest BCUT2D eigenvalue weighted by atomic mass is 19.4. The second kappa shape index (κ2) is 8.93. The van der Waals surface area contributed by atoms with E-state index in [2.05, 4.69) is 29.7 Å². The molecule has 0 radical (unpaired) electrons. The van der Waals surface area contributed by atoms with Crippen molar-refractivity contribution >= 4 is 5.69 Å². The maximum absolute atomic E-state index is 12.3. The number of rotatable bonds is 6. The maximum atomic E-state index is 12.3. The molecule has 2 aromatic carbocycles. The summed E-state index contributed by atoms with van der Waals surface area (Å²) in [5, 5.41) is 1.80. The van der Waals surface area contributed by atoms with Crippen molar-refractivity contribution < 1.29 is 22.7 Å². The standard InChI is InChI=1S/C24H27F3N2O2/c1-17-4-3-14-28(17)15-13-21-16-29(31-18(21)2)22-9-5-19(6-10-22)20-7-11-23(12-8-20)30-24(25,26)27/h5-12,16-18H,3-4,13-15H2,1-2H3/t17-,18?/m1/s1. The Morgan fingerprint density at radius 3 is 2.23 bits per heavy atom. The highest BCUT2D eigenvalue weighted by molar-refractivity contribution is 5.67. The summed E-state index contributed by atoms with van der Waals surface area (Å²) in [5.41, 5.74) is 3.91. The smallest absolute Gasteiger partial charge is 0.406 e. The molecular formula is C24H27F3N2O2. The van der Waals surface area contributed by atoms with Crippen LogP contribution in [-0.4, -0.2) is 36.5 Å². The van der Waals surface area contributed by atoms with Crippen molar-refractivity contribution in [2.45, 2.75) is 51.6 Å². The molecule has 0 aromatic heterocycles. The van der Waals surface area contributed by atoms with E-state index in [1.807, 2.05) is 24.3 Å². The van der Waals surface area contributed by atoms with Crippen molar-refractivity contribution in [3.8, 4) is 16.9 Å². The summed E-state index contributed by atoms with van der Waals surface area (Å²) in [6, 6.07) is 14.3. The zero-order valence-corrected chi connectivity index (χ0v) is 17.7. The molecule has 1 unspecified atom stereocenters. The Bertz CT molecular complexity index is 910. The number of ether oxygens (including phenoxy) is 1. The lowest BCUT2D eigenvalue weighted by atomic mass is 10.1. The van der Waals surface area contributed by atoms with Gasteiger partial charge >= 0.3 is 6.36 Å². The summed E-state index contributed by atoms with van der Waals surface area (Å²) in [4.78, 5) is 8.55. The second-order valence-electron chi connectivity index (χ2n) is 8.17. The van der Waals surface area contributed by atoms with Crippen LogP contribution in [0.5, 0.6) is 5.75 Å². The van der Waals surface area contributed by atoms with Crippen molar-refractivity contribution in [1.29, 1.82) is 0 Å². The summed E-state index contributed by atoms with van der Waals surface area (Å²) in [6.07, 6.45) is 0.981. The van der Waals surface area contributed by atoms with Crippen molar-refractivity contribution in [3.05, 3.63) is 60.3 Å². The van der Waals surface area contributed by atoms with Gasteiger partial charge in [0.15, 0.2) is 0 Å². The summed E-state index contributed by atoms with van der Waals surface area (Å²) >= 11 is 0. The maximum Gasteiger partial charge on any atom is 0.573 e. The largest absolute Gasteiger partial charge is 0.573 e. The minimum absolute atomic E-state index is 0.0405. The second-order valence-corrected chi connectivity index (χ2v) is 8.17. The molecule has 2 aliphatic heterocycles. The van der Waals surface area contributed by atoms with Crippen LogP contribution in [0.4, 0.5) is 18.9 Å². The van der Waals surface area contributed by atoms with Gasteiger partial charge in [0.1, 0.15) is 11.9 Å². The lowest BCUT2D eigenvalue weighted by Crippen LogP contribution is -2.28. The monoisotopic (exact) mass is 432 g/mol. The fourth-order valence-corrected chi connectivity index (χ4v) is 4.17. The van der Waals surface area contributed by atoms with Crippen LogP contribution in [-0.2, 0) is 4.84 Å². The van der Waals surface area contributed by atoms with E-state index in [4.69, 9.17) is 4.84 Å². The fourth-order valence-electron chi connectivity index (χ4n) is 4.17. The van der Waals surface area contributed by atoms with Crippen LogP contribution < -0.4 is 9.80 Å². The van der Waals surface area contributed by atoms with Crippen LogP contribution in [0.1, 0.15) is 33.1 Å². The van der Waals surface area contributed by atoms with Gasteiger partial charge in [-0.05, 0) is 80.6 Å². The molecule has 31 heavy (non-hydrogen) atoms. The molecular weight excluding hydrogens is 405 g/mol. The molecule has 0 spiro atoms. The molecule has 2 aromatic rings. The third-order valence-electron chi connectivity index (χ3n) is 6.00. The Morgan fingerprint density at radius 2 is 1.65 bits per heavy atom. The third-order valence-corrected chi connectivity index (χ3v) is 6.00. The molecule has 4 rings (SSSR count). The van der Waals surface area contributed by atoms with Gasteiger partial charge in [0.05, 0.1) is 5.69 Å². The number of hydrogen-bond acceptors (Lipinski definition) is 4. The van der Waals surface area contributed by atoms with Crippen molar-refractivity contribution in [2.24, 2.45) is 0 Å². The van der Waals surface area contributed by atoms with E-state index in [0.717, 1.165) is 29.8 Å².